The largest absolute Gasteiger partial charge is 0.491 e. The summed E-state index contributed by atoms with van der Waals surface area (Å²) in [6, 6.07) is 18.3. The first kappa shape index (κ1) is 26.3. The van der Waals surface area contributed by atoms with Crippen molar-refractivity contribution in [3.05, 3.63) is 93.5 Å². The molecule has 1 N–H and O–H groups in total. The van der Waals surface area contributed by atoms with Crippen molar-refractivity contribution in [2.45, 2.75) is 20.5 Å². The zero-order chi connectivity index (χ0) is 26.5. The minimum atomic E-state index is -0.856. The monoisotopic (exact) mass is 538 g/mol. The Morgan fingerprint density at radius 3 is 2.32 bits per heavy atom. The topological polar surface area (TPSA) is 84.9 Å². The smallest absolute Gasteiger partial charge is 0.335 e. The van der Waals surface area contributed by atoms with E-state index in [2.05, 4.69) is 5.32 Å². The molecule has 1 aliphatic rings. The molecule has 9 heteroatoms. The molecule has 190 valence electrons. The molecule has 0 bridgehead atoms. The summed E-state index contributed by atoms with van der Waals surface area (Å²) < 4.78 is 11.6. The number of nitrogens with one attached hydrogen (secondary N) is 1. The number of halogens is 2. The quantitative estimate of drug-likeness (QED) is 0.269. The Hall–Kier alpha value is -3.81. The van der Waals surface area contributed by atoms with Gasteiger partial charge in [-0.25, -0.2) is 9.69 Å². The van der Waals surface area contributed by atoms with Crippen LogP contribution in [-0.4, -0.2) is 24.5 Å². The summed E-state index contributed by atoms with van der Waals surface area (Å²) in [6.45, 7) is 4.68. The number of urea groups is 1. The Balaban J connectivity index is 1.60. The van der Waals surface area contributed by atoms with Gasteiger partial charge in [0.25, 0.3) is 11.8 Å². The lowest BCUT2D eigenvalue weighted by atomic mass is 10.1. The van der Waals surface area contributed by atoms with Crippen LogP contribution in [0.3, 0.4) is 0 Å². The van der Waals surface area contributed by atoms with Crippen LogP contribution < -0.4 is 19.7 Å². The molecular weight excluding hydrogens is 515 g/mol. The lowest BCUT2D eigenvalue weighted by molar-refractivity contribution is -0.122. The maximum Gasteiger partial charge on any atom is 0.335 e. The summed E-state index contributed by atoms with van der Waals surface area (Å²) in [5.41, 5.74) is 1.35. The van der Waals surface area contributed by atoms with Crippen LogP contribution in [0.5, 0.6) is 11.5 Å². The summed E-state index contributed by atoms with van der Waals surface area (Å²) in [4.78, 5) is 39.5. The second kappa shape index (κ2) is 11.5. The van der Waals surface area contributed by atoms with Crippen molar-refractivity contribution < 1.29 is 23.9 Å². The molecule has 0 aliphatic carbocycles. The molecule has 3 aromatic carbocycles. The first-order chi connectivity index (χ1) is 17.7. The fourth-order valence-electron chi connectivity index (χ4n) is 3.57. The molecule has 0 saturated carbocycles. The minimum absolute atomic E-state index is 0.208. The number of ether oxygens (including phenoxy) is 2. The van der Waals surface area contributed by atoms with Crippen molar-refractivity contribution in [2.75, 3.05) is 11.5 Å². The van der Waals surface area contributed by atoms with E-state index in [1.54, 1.807) is 24.3 Å². The number of barbiturate groups is 1. The van der Waals surface area contributed by atoms with Crippen LogP contribution in [0.4, 0.5) is 10.5 Å². The number of nitrogens with zero attached hydrogens (tertiary/aromatic N) is 1. The maximum atomic E-state index is 13.3. The fraction of sp³-hybridized carbons (Fsp3) is 0.179. The molecule has 4 amide bonds. The van der Waals surface area contributed by atoms with Gasteiger partial charge in [0.05, 0.1) is 17.3 Å². The number of carbonyl (C=O) groups excluding carboxylic acids is 3. The van der Waals surface area contributed by atoms with Crippen LogP contribution in [-0.2, 0) is 16.2 Å². The summed E-state index contributed by atoms with van der Waals surface area (Å²) in [7, 11) is 0. The van der Waals surface area contributed by atoms with Crippen LogP contribution in [0, 0.1) is 5.92 Å². The summed E-state index contributed by atoms with van der Waals surface area (Å²) in [5.74, 6) is -0.571. The van der Waals surface area contributed by atoms with Gasteiger partial charge in [-0.05, 0) is 54.0 Å². The fourth-order valence-corrected chi connectivity index (χ4v) is 4.13. The SMILES string of the molecule is CC(C)COc1c(Cl)cc(Cl)cc1/C=C1\C(=O)NC(=O)N(c2ccc(OCc3ccccc3)cc2)C1=O. The molecule has 1 aliphatic heterocycles. The zero-order valence-corrected chi connectivity index (χ0v) is 21.7. The molecule has 37 heavy (non-hydrogen) atoms. The third kappa shape index (κ3) is 6.31. The van der Waals surface area contributed by atoms with E-state index in [1.807, 2.05) is 44.2 Å². The van der Waals surface area contributed by atoms with Gasteiger partial charge in [-0.15, -0.1) is 0 Å². The van der Waals surface area contributed by atoms with Gasteiger partial charge in [-0.2, -0.15) is 0 Å². The first-order valence-electron chi connectivity index (χ1n) is 11.5. The van der Waals surface area contributed by atoms with Crippen LogP contribution in [0.2, 0.25) is 10.0 Å². The zero-order valence-electron chi connectivity index (χ0n) is 20.2. The third-order valence-electron chi connectivity index (χ3n) is 5.34. The molecule has 1 heterocycles. The van der Waals surface area contributed by atoms with Crippen molar-refractivity contribution in [3.63, 3.8) is 0 Å². The van der Waals surface area contributed by atoms with Crippen molar-refractivity contribution in [1.82, 2.24) is 5.32 Å². The van der Waals surface area contributed by atoms with Crippen LogP contribution in [0.15, 0.2) is 72.3 Å². The molecule has 3 aromatic rings. The number of amides is 4. The molecule has 7 nitrogen and oxygen atoms in total. The summed E-state index contributed by atoms with van der Waals surface area (Å²) in [5, 5.41) is 2.75. The normalized spacial score (nSPS) is 14.8. The predicted octanol–water partition coefficient (Wildman–Crippen LogP) is 6.27. The van der Waals surface area contributed by atoms with E-state index in [0.29, 0.717) is 29.5 Å². The molecule has 0 atom stereocenters. The van der Waals surface area contributed by atoms with Crippen LogP contribution in [0.1, 0.15) is 25.0 Å². The van der Waals surface area contributed by atoms with Crippen LogP contribution in [0.25, 0.3) is 6.08 Å². The third-order valence-corrected chi connectivity index (χ3v) is 5.84. The minimum Gasteiger partial charge on any atom is -0.491 e. The predicted molar refractivity (Wildman–Crippen MR) is 143 cm³/mol. The van der Waals surface area contributed by atoms with E-state index in [-0.39, 0.29) is 28.0 Å². The lowest BCUT2D eigenvalue weighted by Crippen LogP contribution is -2.54. The highest BCUT2D eigenvalue weighted by Gasteiger charge is 2.37. The highest BCUT2D eigenvalue weighted by molar-refractivity contribution is 6.40. The van der Waals surface area contributed by atoms with E-state index < -0.39 is 17.8 Å². The molecule has 0 spiro atoms. The van der Waals surface area contributed by atoms with E-state index in [9.17, 15) is 14.4 Å². The van der Waals surface area contributed by atoms with Gasteiger partial charge in [0.15, 0.2) is 0 Å². The molecular formula is C28H24Cl2N2O5. The maximum absolute atomic E-state index is 13.3. The Bertz CT molecular complexity index is 1350. The van der Waals surface area contributed by atoms with Crippen molar-refractivity contribution >= 4 is 52.8 Å². The molecule has 0 aromatic heterocycles. The van der Waals surface area contributed by atoms with Gasteiger partial charge in [0.2, 0.25) is 0 Å². The number of carbonyl (C=O) groups is 3. The molecule has 0 unspecified atom stereocenters. The van der Waals surface area contributed by atoms with E-state index in [4.69, 9.17) is 32.7 Å². The number of imide groups is 2. The molecule has 1 fully saturated rings. The molecule has 1 saturated heterocycles. The summed E-state index contributed by atoms with van der Waals surface area (Å²) >= 11 is 12.5. The van der Waals surface area contributed by atoms with Gasteiger partial charge in [0.1, 0.15) is 23.7 Å². The van der Waals surface area contributed by atoms with Crippen LogP contribution >= 0.6 is 23.2 Å². The van der Waals surface area contributed by atoms with E-state index in [0.717, 1.165) is 10.5 Å². The second-order valence-electron chi connectivity index (χ2n) is 8.74. The number of hydrogen-bond donors (Lipinski definition) is 1. The standard InChI is InChI=1S/C28H24Cl2N2O5/c1-17(2)15-37-25-19(12-20(29)14-24(25)30)13-23-26(33)31-28(35)32(27(23)34)21-8-10-22(11-9-21)36-16-18-6-4-3-5-7-18/h3-14,17H,15-16H2,1-2H3,(H,31,33,35)/b23-13+. The van der Waals surface area contributed by atoms with E-state index in [1.165, 1.54) is 18.2 Å². The Morgan fingerprint density at radius 1 is 0.946 bits per heavy atom. The van der Waals surface area contributed by atoms with Crippen molar-refractivity contribution in [3.8, 4) is 11.5 Å². The summed E-state index contributed by atoms with van der Waals surface area (Å²) in [6.07, 6.45) is 1.32. The van der Waals surface area contributed by atoms with Crippen molar-refractivity contribution in [1.29, 1.82) is 0 Å². The van der Waals surface area contributed by atoms with Crippen molar-refractivity contribution in [2.24, 2.45) is 5.92 Å². The number of anilines is 1. The van der Waals surface area contributed by atoms with Gasteiger partial charge >= 0.3 is 6.03 Å². The second-order valence-corrected chi connectivity index (χ2v) is 9.58. The Labute approximate surface area is 224 Å². The Morgan fingerprint density at radius 2 is 1.65 bits per heavy atom. The highest BCUT2D eigenvalue weighted by Crippen LogP contribution is 2.35. The number of rotatable bonds is 8. The average molecular weight is 539 g/mol. The van der Waals surface area contributed by atoms with Gasteiger partial charge in [0, 0.05) is 10.6 Å². The van der Waals surface area contributed by atoms with Gasteiger partial charge in [-0.3, -0.25) is 14.9 Å². The number of benzene rings is 3. The highest BCUT2D eigenvalue weighted by atomic mass is 35.5. The molecule has 4 rings (SSSR count). The first-order valence-corrected chi connectivity index (χ1v) is 12.3. The van der Waals surface area contributed by atoms with E-state index >= 15 is 0 Å². The number of hydrogen-bond acceptors (Lipinski definition) is 5. The lowest BCUT2D eigenvalue weighted by Gasteiger charge is -2.26. The van der Waals surface area contributed by atoms with Gasteiger partial charge in [-0.1, -0.05) is 67.4 Å². The Kier molecular flexibility index (Phi) is 8.16. The van der Waals surface area contributed by atoms with Gasteiger partial charge < -0.3 is 9.47 Å². The molecule has 0 radical (unpaired) electrons. The average Bonchev–Trinajstić information content (AvgIpc) is 2.85.